The Morgan fingerprint density at radius 2 is 2.19 bits per heavy atom. The maximum absolute atomic E-state index is 12.3. The Morgan fingerprint density at radius 3 is 2.89 bits per heavy atom. The van der Waals surface area contributed by atoms with Crippen molar-refractivity contribution in [2.75, 3.05) is 31.6 Å². The van der Waals surface area contributed by atoms with Crippen molar-refractivity contribution in [3.8, 4) is 0 Å². The number of piperazine rings is 1. The number of hydrogen-bond acceptors (Lipinski definition) is 6. The zero-order valence-electron chi connectivity index (χ0n) is 16.4. The molecule has 1 unspecified atom stereocenters. The minimum absolute atomic E-state index is 0.160. The molecule has 1 atom stereocenters. The third-order valence-electron chi connectivity index (χ3n) is 5.12. The first-order valence-electron chi connectivity index (χ1n) is 9.74. The van der Waals surface area contributed by atoms with E-state index >= 15 is 0 Å². The van der Waals surface area contributed by atoms with Crippen LogP contribution in [-0.2, 0) is 13.0 Å². The topological polar surface area (TPSA) is 74.5 Å². The fourth-order valence-corrected chi connectivity index (χ4v) is 3.38. The second-order valence-corrected chi connectivity index (χ2v) is 7.11. The largest absolute Gasteiger partial charge is 0.359 e. The molecule has 0 bridgehead atoms. The molecular formula is C20H29N5O2. The Hall–Kier alpha value is -2.41. The molecule has 1 saturated heterocycles. The molecule has 7 heteroatoms. The van der Waals surface area contributed by atoms with Gasteiger partial charge in [-0.2, -0.15) is 0 Å². The van der Waals surface area contributed by atoms with E-state index in [4.69, 9.17) is 4.52 Å². The van der Waals surface area contributed by atoms with Crippen molar-refractivity contribution < 1.29 is 9.32 Å². The molecule has 2 aromatic rings. The number of carbonyl (C=O) groups excluding carboxylic acids is 1. The van der Waals surface area contributed by atoms with Crippen LogP contribution in [0.3, 0.4) is 0 Å². The Bertz CT molecular complexity index is 743. The number of amides is 1. The molecule has 7 nitrogen and oxygen atoms in total. The van der Waals surface area contributed by atoms with Crippen molar-refractivity contribution in [2.45, 2.75) is 45.7 Å². The Morgan fingerprint density at radius 1 is 1.33 bits per heavy atom. The van der Waals surface area contributed by atoms with Crippen LogP contribution in [0.15, 0.2) is 28.9 Å². The smallest absolute Gasteiger partial charge is 0.253 e. The van der Waals surface area contributed by atoms with Gasteiger partial charge in [-0.05, 0) is 32.0 Å². The van der Waals surface area contributed by atoms with E-state index in [9.17, 15) is 4.79 Å². The first kappa shape index (κ1) is 19.4. The Labute approximate surface area is 160 Å². The summed E-state index contributed by atoms with van der Waals surface area (Å²) in [5, 5.41) is 6.85. The second kappa shape index (κ2) is 8.99. The van der Waals surface area contributed by atoms with E-state index in [1.54, 1.807) is 6.20 Å². The monoisotopic (exact) mass is 371 g/mol. The first-order valence-corrected chi connectivity index (χ1v) is 9.74. The van der Waals surface area contributed by atoms with E-state index in [1.807, 2.05) is 18.2 Å². The zero-order chi connectivity index (χ0) is 19.2. The molecular weight excluding hydrogens is 342 g/mol. The average Bonchev–Trinajstić information content (AvgIpc) is 3.14. The molecule has 0 saturated carbocycles. The normalized spacial score (nSPS) is 17.9. The number of aromatic nitrogens is 2. The molecule has 1 aliphatic rings. The summed E-state index contributed by atoms with van der Waals surface area (Å²) < 4.78 is 5.24. The Balaban J connectivity index is 1.55. The van der Waals surface area contributed by atoms with E-state index in [0.717, 1.165) is 50.4 Å². The van der Waals surface area contributed by atoms with Gasteiger partial charge in [0.2, 0.25) is 0 Å². The number of likely N-dealkylation sites (N-methyl/N-ethyl adjacent to an activating group) is 1. The molecule has 1 aliphatic heterocycles. The van der Waals surface area contributed by atoms with Gasteiger partial charge in [-0.25, -0.2) is 4.98 Å². The highest BCUT2D eigenvalue weighted by Crippen LogP contribution is 2.18. The number of nitrogens with zero attached hydrogens (tertiary/aromatic N) is 4. The third kappa shape index (κ3) is 4.86. The molecule has 3 rings (SSSR count). The molecule has 2 aromatic heterocycles. The van der Waals surface area contributed by atoms with E-state index < -0.39 is 0 Å². The van der Waals surface area contributed by atoms with Crippen LogP contribution in [0.5, 0.6) is 0 Å². The molecule has 0 aliphatic carbocycles. The number of carbonyl (C=O) groups is 1. The van der Waals surface area contributed by atoms with Gasteiger partial charge in [-0.1, -0.05) is 25.4 Å². The molecule has 1 amide bonds. The zero-order valence-corrected chi connectivity index (χ0v) is 16.4. The van der Waals surface area contributed by atoms with Crippen molar-refractivity contribution in [3.63, 3.8) is 0 Å². The molecule has 1 fully saturated rings. The SMILES string of the molecule is CCCc1cc(CNC(=O)c2ccc(N3CCN(C)C(CC)C3)nc2)on1. The van der Waals surface area contributed by atoms with Gasteiger partial charge in [0.05, 0.1) is 17.8 Å². The van der Waals surface area contributed by atoms with E-state index in [0.29, 0.717) is 23.9 Å². The van der Waals surface area contributed by atoms with Crippen molar-refractivity contribution in [1.82, 2.24) is 20.4 Å². The lowest BCUT2D eigenvalue weighted by Crippen LogP contribution is -2.51. The standard InChI is InChI=1S/C20H29N5O2/c1-4-6-16-11-18(27-23-16)13-22-20(26)15-7-8-19(21-12-15)25-10-9-24(3)17(5-2)14-25/h7-8,11-12,17H,4-6,9-10,13-14H2,1-3H3,(H,22,26). The van der Waals surface area contributed by atoms with Crippen molar-refractivity contribution in [3.05, 3.63) is 41.4 Å². The predicted octanol–water partition coefficient (Wildman–Crippen LogP) is 2.48. The van der Waals surface area contributed by atoms with Gasteiger partial charge < -0.3 is 14.7 Å². The quantitative estimate of drug-likeness (QED) is 0.806. The summed E-state index contributed by atoms with van der Waals surface area (Å²) in [6.07, 6.45) is 4.67. The lowest BCUT2D eigenvalue weighted by molar-refractivity contribution is 0.0946. The fourth-order valence-electron chi connectivity index (χ4n) is 3.38. The number of nitrogens with one attached hydrogen (secondary N) is 1. The lowest BCUT2D eigenvalue weighted by atomic mass is 10.1. The second-order valence-electron chi connectivity index (χ2n) is 7.11. The highest BCUT2D eigenvalue weighted by atomic mass is 16.5. The van der Waals surface area contributed by atoms with E-state index in [2.05, 4.69) is 46.2 Å². The van der Waals surface area contributed by atoms with Gasteiger partial charge in [0.15, 0.2) is 5.76 Å². The van der Waals surface area contributed by atoms with Gasteiger partial charge in [-0.3, -0.25) is 9.69 Å². The summed E-state index contributed by atoms with van der Waals surface area (Å²) in [6.45, 7) is 7.59. The van der Waals surface area contributed by atoms with Crippen LogP contribution >= 0.6 is 0 Å². The summed E-state index contributed by atoms with van der Waals surface area (Å²) in [6, 6.07) is 6.20. The number of rotatable bonds is 7. The van der Waals surface area contributed by atoms with Gasteiger partial charge >= 0.3 is 0 Å². The van der Waals surface area contributed by atoms with Gasteiger partial charge in [0.25, 0.3) is 5.91 Å². The molecule has 3 heterocycles. The highest BCUT2D eigenvalue weighted by molar-refractivity contribution is 5.93. The summed E-state index contributed by atoms with van der Waals surface area (Å²) in [5.74, 6) is 1.43. The number of anilines is 1. The van der Waals surface area contributed by atoms with Gasteiger partial charge in [0.1, 0.15) is 5.82 Å². The minimum Gasteiger partial charge on any atom is -0.359 e. The van der Waals surface area contributed by atoms with Crippen LogP contribution in [0.25, 0.3) is 0 Å². The number of hydrogen-bond donors (Lipinski definition) is 1. The van der Waals surface area contributed by atoms with E-state index in [1.165, 1.54) is 0 Å². The molecule has 27 heavy (non-hydrogen) atoms. The van der Waals surface area contributed by atoms with Crippen LogP contribution in [0, 0.1) is 0 Å². The van der Waals surface area contributed by atoms with Crippen molar-refractivity contribution in [1.29, 1.82) is 0 Å². The molecule has 1 N–H and O–H groups in total. The molecule has 0 spiro atoms. The van der Waals surface area contributed by atoms with Crippen LogP contribution in [0.4, 0.5) is 5.82 Å². The van der Waals surface area contributed by atoms with Gasteiger partial charge in [-0.15, -0.1) is 0 Å². The summed E-state index contributed by atoms with van der Waals surface area (Å²) >= 11 is 0. The maximum Gasteiger partial charge on any atom is 0.253 e. The average molecular weight is 371 g/mol. The Kier molecular flexibility index (Phi) is 6.45. The molecule has 0 aromatic carbocycles. The predicted molar refractivity (Wildman–Crippen MR) is 105 cm³/mol. The first-order chi connectivity index (χ1) is 13.1. The fraction of sp³-hybridized carbons (Fsp3) is 0.550. The van der Waals surface area contributed by atoms with Crippen LogP contribution in [-0.4, -0.2) is 53.7 Å². The van der Waals surface area contributed by atoms with Gasteiger partial charge in [0, 0.05) is 37.9 Å². The molecule has 0 radical (unpaired) electrons. The molecule has 146 valence electrons. The lowest BCUT2D eigenvalue weighted by Gasteiger charge is -2.39. The van der Waals surface area contributed by atoms with E-state index in [-0.39, 0.29) is 5.91 Å². The summed E-state index contributed by atoms with van der Waals surface area (Å²) in [4.78, 5) is 21.5. The highest BCUT2D eigenvalue weighted by Gasteiger charge is 2.23. The van der Waals surface area contributed by atoms with Crippen molar-refractivity contribution in [2.24, 2.45) is 0 Å². The third-order valence-corrected chi connectivity index (χ3v) is 5.12. The van der Waals surface area contributed by atoms with Crippen LogP contribution < -0.4 is 10.2 Å². The minimum atomic E-state index is -0.160. The van der Waals surface area contributed by atoms with Crippen molar-refractivity contribution >= 4 is 11.7 Å². The van der Waals surface area contributed by atoms with Crippen LogP contribution in [0.2, 0.25) is 0 Å². The number of pyridine rings is 1. The summed E-state index contributed by atoms with van der Waals surface area (Å²) in [7, 11) is 2.17. The summed E-state index contributed by atoms with van der Waals surface area (Å²) in [5.41, 5.74) is 1.47. The van der Waals surface area contributed by atoms with Crippen LogP contribution in [0.1, 0.15) is 48.5 Å². The maximum atomic E-state index is 12.3. The number of aryl methyl sites for hydroxylation is 1.